The van der Waals surface area contributed by atoms with E-state index in [0.717, 1.165) is 6.42 Å². The number of rotatable bonds is 0. The van der Waals surface area contributed by atoms with E-state index in [-0.39, 0.29) is 0 Å². The first kappa shape index (κ1) is 5.49. The van der Waals surface area contributed by atoms with Crippen LogP contribution in [0.15, 0.2) is 0 Å². The molecule has 0 unspecified atom stereocenters. The predicted molar refractivity (Wildman–Crippen MR) is 23.5 cm³/mol. The highest BCUT2D eigenvalue weighted by molar-refractivity contribution is 5.03. The monoisotopic (exact) mass is 85.0 g/mol. The molecule has 0 aromatic heterocycles. The van der Waals surface area contributed by atoms with Crippen molar-refractivity contribution in [3.63, 3.8) is 0 Å². The molecule has 0 aliphatic rings. The van der Waals surface area contributed by atoms with Gasteiger partial charge in [-0.15, -0.1) is 5.92 Å². The Balaban J connectivity index is 2.90. The number of hydrogen-bond acceptors (Lipinski definition) is 0. The molecular formula is C5H6F. The van der Waals surface area contributed by atoms with Crippen LogP contribution in [0.4, 0.5) is 4.39 Å². The standard InChI is InChI=1S/C5H6F/c1-2-3-4-5-6/h5H,2H2,1H3. The third kappa shape index (κ3) is 3.49. The van der Waals surface area contributed by atoms with Crippen LogP contribution in [0.5, 0.6) is 0 Å². The van der Waals surface area contributed by atoms with Crippen molar-refractivity contribution in [3.8, 4) is 11.8 Å². The molecule has 1 radical (unpaired) electrons. The van der Waals surface area contributed by atoms with Crippen molar-refractivity contribution in [2.24, 2.45) is 0 Å². The topological polar surface area (TPSA) is 0 Å². The van der Waals surface area contributed by atoms with Crippen molar-refractivity contribution in [1.82, 2.24) is 0 Å². The van der Waals surface area contributed by atoms with E-state index in [1.807, 2.05) is 6.92 Å². The van der Waals surface area contributed by atoms with Gasteiger partial charge in [0.25, 0.3) is 0 Å². The van der Waals surface area contributed by atoms with Crippen LogP contribution >= 0.6 is 0 Å². The van der Waals surface area contributed by atoms with Gasteiger partial charge in [-0.1, -0.05) is 12.8 Å². The molecule has 0 aliphatic heterocycles. The van der Waals surface area contributed by atoms with Crippen molar-refractivity contribution < 1.29 is 4.39 Å². The van der Waals surface area contributed by atoms with Crippen molar-refractivity contribution >= 4 is 0 Å². The van der Waals surface area contributed by atoms with Crippen molar-refractivity contribution in [3.05, 3.63) is 6.67 Å². The summed E-state index contributed by atoms with van der Waals surface area (Å²) in [6, 6.07) is 0. The molecule has 0 N–H and O–H groups in total. The first-order valence-electron chi connectivity index (χ1n) is 1.82. The maximum Gasteiger partial charge on any atom is 0.202 e. The lowest BCUT2D eigenvalue weighted by Crippen LogP contribution is -1.51. The second-order valence-electron chi connectivity index (χ2n) is 0.784. The molecule has 33 valence electrons. The molecular weight excluding hydrogens is 79.1 g/mol. The molecule has 0 fully saturated rings. The molecule has 0 aromatic rings. The third-order valence-electron chi connectivity index (χ3n) is 0.333. The molecule has 0 saturated carbocycles. The summed E-state index contributed by atoms with van der Waals surface area (Å²) >= 11 is 0. The van der Waals surface area contributed by atoms with Crippen LogP contribution in [0.2, 0.25) is 0 Å². The van der Waals surface area contributed by atoms with Crippen LogP contribution < -0.4 is 0 Å². The van der Waals surface area contributed by atoms with Crippen molar-refractivity contribution in [1.29, 1.82) is 0 Å². The zero-order valence-corrected chi connectivity index (χ0v) is 3.66. The van der Waals surface area contributed by atoms with Crippen LogP contribution in [0, 0.1) is 18.5 Å². The first-order chi connectivity index (χ1) is 2.91. The predicted octanol–water partition coefficient (Wildman–Crippen LogP) is 1.53. The van der Waals surface area contributed by atoms with E-state index in [4.69, 9.17) is 0 Å². The summed E-state index contributed by atoms with van der Waals surface area (Å²) in [5, 5.41) is 0. The van der Waals surface area contributed by atoms with Gasteiger partial charge in [0.15, 0.2) is 0 Å². The van der Waals surface area contributed by atoms with Crippen LogP contribution in [-0.2, 0) is 0 Å². The molecule has 0 aromatic carbocycles. The maximum atomic E-state index is 10.9. The van der Waals surface area contributed by atoms with E-state index in [1.165, 1.54) is 0 Å². The Kier molecular flexibility index (Phi) is 4.11. The van der Waals surface area contributed by atoms with E-state index in [9.17, 15) is 4.39 Å². The highest BCUT2D eigenvalue weighted by atomic mass is 19.1. The van der Waals surface area contributed by atoms with E-state index in [1.54, 1.807) is 0 Å². The normalized spacial score (nSPS) is 6.33. The number of halogens is 1. The van der Waals surface area contributed by atoms with Gasteiger partial charge in [0.1, 0.15) is 0 Å². The zero-order valence-electron chi connectivity index (χ0n) is 3.66. The van der Waals surface area contributed by atoms with Crippen LogP contribution in [0.3, 0.4) is 0 Å². The summed E-state index contributed by atoms with van der Waals surface area (Å²) in [6.45, 7) is 2.22. The van der Waals surface area contributed by atoms with Gasteiger partial charge < -0.3 is 0 Å². The molecule has 0 aliphatic carbocycles. The van der Waals surface area contributed by atoms with Gasteiger partial charge in [0.05, 0.1) is 0 Å². The molecule has 0 rings (SSSR count). The average molecular weight is 85.1 g/mol. The van der Waals surface area contributed by atoms with E-state index < -0.39 is 0 Å². The summed E-state index contributed by atoms with van der Waals surface area (Å²) in [5.41, 5.74) is 0. The minimum absolute atomic E-state index is 0.351. The fraction of sp³-hybridized carbons (Fsp3) is 0.400. The highest BCUT2D eigenvalue weighted by Crippen LogP contribution is 1.71. The minimum Gasteiger partial charge on any atom is -0.229 e. The fourth-order valence-electron chi connectivity index (χ4n) is 0.141. The van der Waals surface area contributed by atoms with Crippen LogP contribution in [0.25, 0.3) is 0 Å². The van der Waals surface area contributed by atoms with Gasteiger partial charge in [0.2, 0.25) is 6.67 Å². The second kappa shape index (κ2) is 4.49. The van der Waals surface area contributed by atoms with Crippen molar-refractivity contribution in [2.75, 3.05) is 0 Å². The Labute approximate surface area is 37.4 Å². The largest absolute Gasteiger partial charge is 0.229 e. The van der Waals surface area contributed by atoms with E-state index in [2.05, 4.69) is 11.8 Å². The second-order valence-corrected chi connectivity index (χ2v) is 0.784. The molecule has 0 heterocycles. The molecule has 0 spiro atoms. The molecule has 0 atom stereocenters. The lowest BCUT2D eigenvalue weighted by Gasteiger charge is -1.62. The Hall–Kier alpha value is -0.510. The minimum atomic E-state index is 0.351. The lowest BCUT2D eigenvalue weighted by molar-refractivity contribution is 0.665. The Morgan fingerprint density at radius 2 is 2.50 bits per heavy atom. The summed E-state index contributed by atoms with van der Waals surface area (Å²) in [5.74, 6) is 4.67. The van der Waals surface area contributed by atoms with Crippen LogP contribution in [0.1, 0.15) is 13.3 Å². The summed E-state index contributed by atoms with van der Waals surface area (Å²) in [6.07, 6.45) is 0.723. The van der Waals surface area contributed by atoms with Crippen molar-refractivity contribution in [2.45, 2.75) is 13.3 Å². The van der Waals surface area contributed by atoms with Gasteiger partial charge in [-0.25, -0.2) is 4.39 Å². The van der Waals surface area contributed by atoms with Gasteiger partial charge >= 0.3 is 0 Å². The molecule has 6 heavy (non-hydrogen) atoms. The molecule has 0 bridgehead atoms. The van der Waals surface area contributed by atoms with E-state index >= 15 is 0 Å². The Bertz CT molecular complexity index is 57.7. The highest BCUT2D eigenvalue weighted by Gasteiger charge is 1.60. The average Bonchev–Trinajstić information content (AvgIpc) is 1.61. The number of hydrogen-bond donors (Lipinski definition) is 0. The molecule has 1 heteroatoms. The van der Waals surface area contributed by atoms with Gasteiger partial charge in [-0.3, -0.25) is 0 Å². The quantitative estimate of drug-likeness (QED) is 0.391. The molecule has 0 amide bonds. The van der Waals surface area contributed by atoms with E-state index in [0.29, 0.717) is 6.67 Å². The third-order valence-corrected chi connectivity index (χ3v) is 0.333. The molecule has 0 nitrogen and oxygen atoms in total. The zero-order chi connectivity index (χ0) is 4.83. The summed E-state index contributed by atoms with van der Waals surface area (Å²) < 4.78 is 10.9. The van der Waals surface area contributed by atoms with Gasteiger partial charge in [-0.05, 0) is 0 Å². The fourth-order valence-corrected chi connectivity index (χ4v) is 0.141. The summed E-state index contributed by atoms with van der Waals surface area (Å²) in [7, 11) is 0. The SMILES string of the molecule is CCC#C[CH]F. The van der Waals surface area contributed by atoms with Gasteiger partial charge in [-0.2, -0.15) is 0 Å². The molecule has 0 saturated heterocycles. The smallest absolute Gasteiger partial charge is 0.202 e. The Morgan fingerprint density at radius 3 is 2.67 bits per heavy atom. The van der Waals surface area contributed by atoms with Crippen LogP contribution in [-0.4, -0.2) is 0 Å². The lowest BCUT2D eigenvalue weighted by atomic mass is 10.5. The maximum absolute atomic E-state index is 10.9. The summed E-state index contributed by atoms with van der Waals surface area (Å²) in [4.78, 5) is 0. The van der Waals surface area contributed by atoms with Gasteiger partial charge in [0, 0.05) is 6.42 Å². The first-order valence-corrected chi connectivity index (χ1v) is 1.82. The Morgan fingerprint density at radius 1 is 1.83 bits per heavy atom.